The van der Waals surface area contributed by atoms with Gasteiger partial charge in [-0.1, -0.05) is 32.9 Å². The van der Waals surface area contributed by atoms with Crippen LogP contribution in [0.3, 0.4) is 0 Å². The van der Waals surface area contributed by atoms with Crippen LogP contribution in [0.25, 0.3) is 0 Å². The smallest absolute Gasteiger partial charge is 0.224 e. The van der Waals surface area contributed by atoms with Crippen LogP contribution in [0.5, 0.6) is 0 Å². The van der Waals surface area contributed by atoms with Crippen molar-refractivity contribution in [3.8, 4) is 0 Å². The summed E-state index contributed by atoms with van der Waals surface area (Å²) >= 11 is 0. The van der Waals surface area contributed by atoms with Gasteiger partial charge in [0.15, 0.2) is 0 Å². The summed E-state index contributed by atoms with van der Waals surface area (Å²) in [5.41, 5.74) is 7.24. The van der Waals surface area contributed by atoms with E-state index >= 15 is 0 Å². The molecule has 0 fully saturated rings. The van der Waals surface area contributed by atoms with Crippen molar-refractivity contribution < 1.29 is 9.90 Å². The molecule has 0 aliphatic carbocycles. The summed E-state index contributed by atoms with van der Waals surface area (Å²) in [6.45, 7) is 6.48. The summed E-state index contributed by atoms with van der Waals surface area (Å²) in [6, 6.07) is 7.22. The van der Waals surface area contributed by atoms with Crippen LogP contribution in [0.4, 0.5) is 5.69 Å². The van der Waals surface area contributed by atoms with Gasteiger partial charge in [-0.15, -0.1) is 0 Å². The number of anilines is 1. The first-order valence-electron chi connectivity index (χ1n) is 6.55. The van der Waals surface area contributed by atoms with Gasteiger partial charge in [-0.05, 0) is 29.5 Å². The number of hydrogen-bond donors (Lipinski definition) is 3. The molecule has 0 saturated heterocycles. The molecule has 0 aliphatic rings. The molecule has 1 aromatic rings. The van der Waals surface area contributed by atoms with Crippen molar-refractivity contribution in [2.45, 2.75) is 39.7 Å². The van der Waals surface area contributed by atoms with Gasteiger partial charge in [0.1, 0.15) is 0 Å². The van der Waals surface area contributed by atoms with Crippen molar-refractivity contribution in [2.75, 3.05) is 12.3 Å². The van der Waals surface area contributed by atoms with Crippen LogP contribution in [0.15, 0.2) is 24.3 Å². The Labute approximate surface area is 115 Å². The maximum atomic E-state index is 11.7. The monoisotopic (exact) mass is 264 g/mol. The molecule has 0 spiro atoms. The number of hydrogen-bond acceptors (Lipinski definition) is 3. The number of carbonyl (C=O) groups is 1. The summed E-state index contributed by atoms with van der Waals surface area (Å²) in [5.74, 6) is -0.0854. The number of nitrogens with two attached hydrogens (primary N) is 1. The summed E-state index contributed by atoms with van der Waals surface area (Å²) in [4.78, 5) is 11.7. The fourth-order valence-electron chi connectivity index (χ4n) is 1.89. The third-order valence-corrected chi connectivity index (χ3v) is 2.73. The fourth-order valence-corrected chi connectivity index (χ4v) is 1.89. The highest BCUT2D eigenvalue weighted by Gasteiger charge is 2.17. The van der Waals surface area contributed by atoms with Crippen LogP contribution in [0, 0.1) is 5.41 Å². The van der Waals surface area contributed by atoms with E-state index in [1.807, 2.05) is 12.1 Å². The number of carbonyl (C=O) groups excluding carboxylic acids is 1. The van der Waals surface area contributed by atoms with Crippen LogP contribution in [-0.2, 0) is 11.2 Å². The number of aliphatic hydroxyl groups excluding tert-OH is 1. The minimum atomic E-state index is -0.504. The predicted molar refractivity (Wildman–Crippen MR) is 77.6 cm³/mol. The van der Waals surface area contributed by atoms with Crippen LogP contribution in [-0.4, -0.2) is 23.7 Å². The summed E-state index contributed by atoms with van der Waals surface area (Å²) in [6.07, 6.45) is 0.466. The number of nitrogen functional groups attached to an aromatic ring is 1. The van der Waals surface area contributed by atoms with Gasteiger partial charge in [0.2, 0.25) is 5.91 Å². The molecule has 0 radical (unpaired) electrons. The summed E-state index contributed by atoms with van der Waals surface area (Å²) < 4.78 is 0. The number of aliphatic hydroxyl groups is 1. The first-order valence-corrected chi connectivity index (χ1v) is 6.55. The van der Waals surface area contributed by atoms with Gasteiger partial charge < -0.3 is 16.2 Å². The average Bonchev–Trinajstić information content (AvgIpc) is 2.27. The van der Waals surface area contributed by atoms with Crippen molar-refractivity contribution in [1.82, 2.24) is 5.32 Å². The summed E-state index contributed by atoms with van der Waals surface area (Å²) in [5, 5.41) is 12.6. The van der Waals surface area contributed by atoms with Crippen LogP contribution >= 0.6 is 0 Å². The normalized spacial score (nSPS) is 13.1. The number of benzene rings is 1. The predicted octanol–water partition coefficient (Wildman–Crippen LogP) is 1.72. The van der Waals surface area contributed by atoms with Crippen molar-refractivity contribution >= 4 is 11.6 Å². The van der Waals surface area contributed by atoms with Gasteiger partial charge in [-0.25, -0.2) is 0 Å². The second-order valence-electron chi connectivity index (χ2n) is 6.14. The van der Waals surface area contributed by atoms with Gasteiger partial charge in [0.25, 0.3) is 0 Å². The van der Waals surface area contributed by atoms with E-state index in [2.05, 4.69) is 26.1 Å². The largest absolute Gasteiger partial charge is 0.399 e. The van der Waals surface area contributed by atoms with Crippen LogP contribution < -0.4 is 11.1 Å². The summed E-state index contributed by atoms with van der Waals surface area (Å²) in [7, 11) is 0. The lowest BCUT2D eigenvalue weighted by Crippen LogP contribution is -2.35. The molecule has 19 heavy (non-hydrogen) atoms. The number of rotatable bonds is 5. The van der Waals surface area contributed by atoms with Gasteiger partial charge >= 0.3 is 0 Å². The van der Waals surface area contributed by atoms with E-state index in [-0.39, 0.29) is 11.3 Å². The zero-order valence-corrected chi connectivity index (χ0v) is 11.9. The van der Waals surface area contributed by atoms with E-state index in [1.165, 1.54) is 0 Å². The lowest BCUT2D eigenvalue weighted by atomic mass is 9.89. The molecule has 0 heterocycles. The van der Waals surface area contributed by atoms with E-state index in [0.717, 1.165) is 5.56 Å². The topological polar surface area (TPSA) is 75.3 Å². The van der Waals surface area contributed by atoms with E-state index in [4.69, 9.17) is 5.73 Å². The minimum absolute atomic E-state index is 0.0566. The Balaban J connectivity index is 2.34. The van der Waals surface area contributed by atoms with E-state index in [1.54, 1.807) is 12.1 Å². The molecule has 0 aromatic heterocycles. The molecule has 0 bridgehead atoms. The molecule has 1 amide bonds. The fraction of sp³-hybridized carbons (Fsp3) is 0.533. The molecule has 1 rings (SSSR count). The second kappa shape index (κ2) is 6.57. The van der Waals surface area contributed by atoms with E-state index < -0.39 is 6.10 Å². The van der Waals surface area contributed by atoms with Crippen molar-refractivity contribution in [2.24, 2.45) is 5.41 Å². The van der Waals surface area contributed by atoms with Gasteiger partial charge in [0.05, 0.1) is 12.5 Å². The maximum Gasteiger partial charge on any atom is 0.224 e. The zero-order chi connectivity index (χ0) is 14.5. The molecule has 4 N–H and O–H groups in total. The van der Waals surface area contributed by atoms with Crippen molar-refractivity contribution in [3.05, 3.63) is 29.8 Å². The van der Waals surface area contributed by atoms with Crippen LogP contribution in [0.2, 0.25) is 0 Å². The Morgan fingerprint density at radius 3 is 2.42 bits per heavy atom. The van der Waals surface area contributed by atoms with Crippen LogP contribution in [0.1, 0.15) is 32.8 Å². The zero-order valence-electron chi connectivity index (χ0n) is 11.9. The molecule has 4 nitrogen and oxygen atoms in total. The minimum Gasteiger partial charge on any atom is -0.399 e. The highest BCUT2D eigenvalue weighted by atomic mass is 16.3. The Morgan fingerprint density at radius 2 is 1.89 bits per heavy atom. The van der Waals surface area contributed by atoms with Gasteiger partial charge in [-0.2, -0.15) is 0 Å². The third-order valence-electron chi connectivity index (χ3n) is 2.73. The van der Waals surface area contributed by atoms with E-state index in [9.17, 15) is 9.90 Å². The standard InChI is InChI=1S/C15H24N2O2/c1-15(2,3)9-13(18)10-17-14(19)8-11-4-6-12(16)7-5-11/h4-7,13,18H,8-10,16H2,1-3H3,(H,17,19). The molecule has 0 saturated carbocycles. The molecular formula is C15H24N2O2. The van der Waals surface area contributed by atoms with Crippen molar-refractivity contribution in [3.63, 3.8) is 0 Å². The number of nitrogens with one attached hydrogen (secondary N) is 1. The molecule has 106 valence electrons. The van der Waals surface area contributed by atoms with E-state index in [0.29, 0.717) is 25.1 Å². The van der Waals surface area contributed by atoms with Gasteiger partial charge in [-0.3, -0.25) is 4.79 Å². The van der Waals surface area contributed by atoms with Gasteiger partial charge in [0, 0.05) is 12.2 Å². The lowest BCUT2D eigenvalue weighted by molar-refractivity contribution is -0.121. The Kier molecular flexibility index (Phi) is 5.36. The second-order valence-corrected chi connectivity index (χ2v) is 6.14. The molecule has 1 aromatic carbocycles. The molecule has 4 heteroatoms. The average molecular weight is 264 g/mol. The first-order chi connectivity index (χ1) is 8.76. The lowest BCUT2D eigenvalue weighted by Gasteiger charge is -2.22. The SMILES string of the molecule is CC(C)(C)CC(O)CNC(=O)Cc1ccc(N)cc1. The highest BCUT2D eigenvalue weighted by Crippen LogP contribution is 2.20. The number of amides is 1. The first kappa shape index (κ1) is 15.5. The molecule has 1 unspecified atom stereocenters. The third kappa shape index (κ3) is 6.82. The Morgan fingerprint density at radius 1 is 1.32 bits per heavy atom. The Bertz CT molecular complexity index is 407. The molecule has 1 atom stereocenters. The van der Waals surface area contributed by atoms with Crippen molar-refractivity contribution in [1.29, 1.82) is 0 Å². The molecule has 0 aliphatic heterocycles. The quantitative estimate of drug-likeness (QED) is 0.709. The maximum absolute atomic E-state index is 11.7. The molecular weight excluding hydrogens is 240 g/mol. The Hall–Kier alpha value is -1.55. The highest BCUT2D eigenvalue weighted by molar-refractivity contribution is 5.78.